The summed E-state index contributed by atoms with van der Waals surface area (Å²) in [5.41, 5.74) is 9.80. The van der Waals surface area contributed by atoms with Crippen molar-refractivity contribution in [3.63, 3.8) is 0 Å². The van der Waals surface area contributed by atoms with Crippen LogP contribution in [0.5, 0.6) is 0 Å². The normalized spacial score (nSPS) is 12.1. The van der Waals surface area contributed by atoms with E-state index in [0.29, 0.717) is 13.0 Å². The molecule has 1 atom stereocenters. The van der Waals surface area contributed by atoms with Gasteiger partial charge in [-0.1, -0.05) is 19.1 Å². The molecule has 0 fully saturated rings. The average molecular weight is 222 g/mol. The zero-order chi connectivity index (χ0) is 12.0. The quantitative estimate of drug-likeness (QED) is 0.590. The lowest BCUT2D eigenvalue weighted by Gasteiger charge is -2.11. The molecule has 0 aliphatic rings. The van der Waals surface area contributed by atoms with Gasteiger partial charge in [0, 0.05) is 12.1 Å². The summed E-state index contributed by atoms with van der Waals surface area (Å²) in [6.45, 7) is 4.29. The Morgan fingerprint density at radius 1 is 1.44 bits per heavy atom. The van der Waals surface area contributed by atoms with Crippen LogP contribution >= 0.6 is 0 Å². The fourth-order valence-electron chi connectivity index (χ4n) is 1.41. The van der Waals surface area contributed by atoms with E-state index in [2.05, 4.69) is 5.48 Å². The second-order valence-corrected chi connectivity index (χ2v) is 3.73. The average Bonchev–Trinajstić information content (AvgIpc) is 2.27. The van der Waals surface area contributed by atoms with E-state index in [-0.39, 0.29) is 11.8 Å². The van der Waals surface area contributed by atoms with Gasteiger partial charge >= 0.3 is 0 Å². The molecule has 0 bridgehead atoms. The van der Waals surface area contributed by atoms with E-state index in [9.17, 15) is 4.79 Å². The fourth-order valence-corrected chi connectivity index (χ4v) is 1.41. The second-order valence-electron chi connectivity index (χ2n) is 3.73. The Morgan fingerprint density at radius 2 is 2.06 bits per heavy atom. The Labute approximate surface area is 95.7 Å². The maximum atomic E-state index is 11.4. The van der Waals surface area contributed by atoms with Crippen molar-refractivity contribution in [3.05, 3.63) is 29.8 Å². The third kappa shape index (κ3) is 3.90. The number of amides is 1. The van der Waals surface area contributed by atoms with Gasteiger partial charge in [-0.3, -0.25) is 9.63 Å². The monoisotopic (exact) mass is 222 g/mol. The number of carbonyl (C=O) groups is 1. The number of anilines is 1. The highest BCUT2D eigenvalue weighted by molar-refractivity contribution is 5.75. The first-order valence-electron chi connectivity index (χ1n) is 5.39. The van der Waals surface area contributed by atoms with Gasteiger partial charge in [0.15, 0.2) is 0 Å². The molecule has 0 aromatic heterocycles. The summed E-state index contributed by atoms with van der Waals surface area (Å²) in [5, 5.41) is 0. The maximum absolute atomic E-state index is 11.4. The van der Waals surface area contributed by atoms with E-state index < -0.39 is 0 Å². The van der Waals surface area contributed by atoms with Crippen molar-refractivity contribution in [1.29, 1.82) is 0 Å². The molecule has 0 heterocycles. The molecule has 0 spiro atoms. The number of nitrogens with two attached hydrogens (primary N) is 1. The molecule has 1 rings (SSSR count). The lowest BCUT2D eigenvalue weighted by molar-refractivity contribution is -0.133. The molecule has 1 amide bonds. The van der Waals surface area contributed by atoms with E-state index in [4.69, 9.17) is 10.6 Å². The number of nitrogen functional groups attached to an aromatic ring is 1. The predicted octanol–water partition coefficient (Wildman–Crippen LogP) is 1.83. The first-order valence-corrected chi connectivity index (χ1v) is 5.39. The zero-order valence-corrected chi connectivity index (χ0v) is 9.69. The summed E-state index contributed by atoms with van der Waals surface area (Å²) >= 11 is 0. The summed E-state index contributed by atoms with van der Waals surface area (Å²) in [6, 6.07) is 7.56. The summed E-state index contributed by atoms with van der Waals surface area (Å²) in [6.07, 6.45) is 0.407. The minimum atomic E-state index is -0.105. The molecule has 0 aliphatic carbocycles. The topological polar surface area (TPSA) is 64.3 Å². The van der Waals surface area contributed by atoms with Crippen LogP contribution in [0.15, 0.2) is 24.3 Å². The lowest BCUT2D eigenvalue weighted by atomic mass is 9.97. The highest BCUT2D eigenvalue weighted by Gasteiger charge is 2.10. The van der Waals surface area contributed by atoms with Crippen LogP contribution in [-0.4, -0.2) is 12.5 Å². The van der Waals surface area contributed by atoms with Crippen molar-refractivity contribution in [3.8, 4) is 0 Å². The van der Waals surface area contributed by atoms with Crippen LogP contribution in [0.4, 0.5) is 5.69 Å². The number of carbonyl (C=O) groups excluding carboxylic acids is 1. The molecule has 16 heavy (non-hydrogen) atoms. The van der Waals surface area contributed by atoms with Gasteiger partial charge in [-0.2, -0.15) is 0 Å². The number of hydrogen-bond donors (Lipinski definition) is 2. The Balaban J connectivity index is 2.48. The maximum Gasteiger partial charge on any atom is 0.244 e. The SMILES string of the molecule is CCONC(=O)CC(C)c1ccc(N)cc1. The molecule has 0 saturated carbocycles. The van der Waals surface area contributed by atoms with Gasteiger partial charge in [0.25, 0.3) is 0 Å². The van der Waals surface area contributed by atoms with Gasteiger partial charge in [0.2, 0.25) is 5.91 Å². The number of nitrogens with one attached hydrogen (secondary N) is 1. The van der Waals surface area contributed by atoms with Crippen molar-refractivity contribution >= 4 is 11.6 Å². The highest BCUT2D eigenvalue weighted by Crippen LogP contribution is 2.19. The first-order chi connectivity index (χ1) is 7.63. The number of rotatable bonds is 5. The minimum Gasteiger partial charge on any atom is -0.399 e. The second kappa shape index (κ2) is 6.12. The van der Waals surface area contributed by atoms with Crippen molar-refractivity contribution in [1.82, 2.24) is 5.48 Å². The molecule has 0 aliphatic heterocycles. The molecule has 4 heteroatoms. The van der Waals surface area contributed by atoms with E-state index in [0.717, 1.165) is 11.3 Å². The molecule has 4 nitrogen and oxygen atoms in total. The summed E-state index contributed by atoms with van der Waals surface area (Å²) in [7, 11) is 0. The van der Waals surface area contributed by atoms with E-state index in [1.165, 1.54) is 0 Å². The van der Waals surface area contributed by atoms with Crippen LogP contribution in [0.25, 0.3) is 0 Å². The highest BCUT2D eigenvalue weighted by atomic mass is 16.6. The Hall–Kier alpha value is -1.55. The van der Waals surface area contributed by atoms with Gasteiger partial charge in [0.1, 0.15) is 0 Å². The smallest absolute Gasteiger partial charge is 0.244 e. The molecule has 1 unspecified atom stereocenters. The van der Waals surface area contributed by atoms with Crippen LogP contribution in [0.2, 0.25) is 0 Å². The molecule has 0 saturated heterocycles. The van der Waals surface area contributed by atoms with Crippen molar-refractivity contribution in [2.75, 3.05) is 12.3 Å². The predicted molar refractivity (Wildman–Crippen MR) is 63.7 cm³/mol. The molecular weight excluding hydrogens is 204 g/mol. The molecule has 3 N–H and O–H groups in total. The minimum absolute atomic E-state index is 0.105. The fraction of sp³-hybridized carbons (Fsp3) is 0.417. The standard InChI is InChI=1S/C12H18N2O2/c1-3-16-14-12(15)8-9(2)10-4-6-11(13)7-5-10/h4-7,9H,3,8,13H2,1-2H3,(H,14,15). The van der Waals surface area contributed by atoms with Gasteiger partial charge in [-0.15, -0.1) is 0 Å². The Kier molecular flexibility index (Phi) is 4.79. The number of benzene rings is 1. The molecular formula is C12H18N2O2. The lowest BCUT2D eigenvalue weighted by Crippen LogP contribution is -2.24. The van der Waals surface area contributed by atoms with Gasteiger partial charge < -0.3 is 5.73 Å². The summed E-state index contributed by atoms with van der Waals surface area (Å²) < 4.78 is 0. The Bertz CT molecular complexity index is 335. The summed E-state index contributed by atoms with van der Waals surface area (Å²) in [4.78, 5) is 16.2. The van der Waals surface area contributed by atoms with E-state index in [1.807, 2.05) is 38.1 Å². The summed E-state index contributed by atoms with van der Waals surface area (Å²) in [5.74, 6) is 0.0484. The van der Waals surface area contributed by atoms with Crippen molar-refractivity contribution in [2.45, 2.75) is 26.2 Å². The van der Waals surface area contributed by atoms with E-state index in [1.54, 1.807) is 0 Å². The largest absolute Gasteiger partial charge is 0.399 e. The third-order valence-corrected chi connectivity index (χ3v) is 2.33. The van der Waals surface area contributed by atoms with Crippen LogP contribution in [-0.2, 0) is 9.63 Å². The van der Waals surface area contributed by atoms with Crippen molar-refractivity contribution in [2.24, 2.45) is 0 Å². The molecule has 0 radical (unpaired) electrons. The van der Waals surface area contributed by atoms with E-state index >= 15 is 0 Å². The number of hydrogen-bond acceptors (Lipinski definition) is 3. The molecule has 88 valence electrons. The third-order valence-electron chi connectivity index (χ3n) is 2.33. The van der Waals surface area contributed by atoms with Crippen LogP contribution < -0.4 is 11.2 Å². The van der Waals surface area contributed by atoms with Crippen LogP contribution in [0, 0.1) is 0 Å². The van der Waals surface area contributed by atoms with Gasteiger partial charge in [-0.25, -0.2) is 5.48 Å². The number of hydroxylamine groups is 1. The first kappa shape index (κ1) is 12.5. The zero-order valence-electron chi connectivity index (χ0n) is 9.69. The van der Waals surface area contributed by atoms with Gasteiger partial charge in [0.05, 0.1) is 6.61 Å². The van der Waals surface area contributed by atoms with Crippen LogP contribution in [0.3, 0.4) is 0 Å². The van der Waals surface area contributed by atoms with Crippen molar-refractivity contribution < 1.29 is 9.63 Å². The molecule has 1 aromatic carbocycles. The van der Waals surface area contributed by atoms with Crippen LogP contribution in [0.1, 0.15) is 31.7 Å². The van der Waals surface area contributed by atoms with Gasteiger partial charge in [-0.05, 0) is 30.5 Å². The molecule has 1 aromatic rings. The Morgan fingerprint density at radius 3 is 2.62 bits per heavy atom.